The number of imide groups is 1. The number of nitrogens with zero attached hydrogens (tertiary/aromatic N) is 1. The highest BCUT2D eigenvalue weighted by Gasteiger charge is 2.30. The normalized spacial score (nSPS) is 14.3. The average Bonchev–Trinajstić information content (AvgIpc) is 3.19. The van der Waals surface area contributed by atoms with E-state index in [-0.39, 0.29) is 31.8 Å². The topological polar surface area (TPSA) is 180 Å². The maximum absolute atomic E-state index is 13.2. The highest BCUT2D eigenvalue weighted by atomic mass is 16.2. The molecule has 1 aromatic rings. The number of nitrogens with one attached hydrogen (secondary N) is 4. The number of hydrogen-bond donors (Lipinski definition) is 5. The van der Waals surface area contributed by atoms with Crippen molar-refractivity contribution in [3.8, 4) is 0 Å². The summed E-state index contributed by atoms with van der Waals surface area (Å²) < 4.78 is 0. The van der Waals surface area contributed by atoms with Crippen LogP contribution in [0.5, 0.6) is 0 Å². The zero-order valence-electron chi connectivity index (χ0n) is 21.9. The second-order valence-corrected chi connectivity index (χ2v) is 9.23. The van der Waals surface area contributed by atoms with Gasteiger partial charge < -0.3 is 27.0 Å². The van der Waals surface area contributed by atoms with Gasteiger partial charge in [0.25, 0.3) is 11.8 Å². The molecule has 1 aliphatic heterocycles. The Morgan fingerprint density at radius 2 is 1.58 bits per heavy atom. The van der Waals surface area contributed by atoms with Gasteiger partial charge in [-0.1, -0.05) is 32.9 Å². The van der Waals surface area contributed by atoms with Crippen LogP contribution >= 0.6 is 0 Å². The van der Waals surface area contributed by atoms with E-state index in [4.69, 9.17) is 5.73 Å². The summed E-state index contributed by atoms with van der Waals surface area (Å²) in [4.78, 5) is 74.0. The van der Waals surface area contributed by atoms with Gasteiger partial charge in [0.15, 0.2) is 0 Å². The molecule has 0 radical (unpaired) electrons. The highest BCUT2D eigenvalue weighted by Crippen LogP contribution is 2.12. The average molecular weight is 529 g/mol. The van der Waals surface area contributed by atoms with Gasteiger partial charge in [0.05, 0.1) is 0 Å². The molecule has 7 amide bonds. The summed E-state index contributed by atoms with van der Waals surface area (Å²) in [5.74, 6) is -2.84. The van der Waals surface area contributed by atoms with Crippen LogP contribution in [0, 0.1) is 5.92 Å². The number of nitrogens with two attached hydrogens (primary N) is 1. The van der Waals surface area contributed by atoms with Crippen LogP contribution in [0.3, 0.4) is 0 Å². The molecule has 0 fully saturated rings. The molecule has 0 saturated heterocycles. The fraction of sp³-hybridized carbons (Fsp3) is 0.462. The Hall–Kier alpha value is -4.22. The summed E-state index contributed by atoms with van der Waals surface area (Å²) in [6.07, 6.45) is 3.51. The molecule has 12 heteroatoms. The summed E-state index contributed by atoms with van der Waals surface area (Å²) in [5.41, 5.74) is 6.76. The zero-order valence-corrected chi connectivity index (χ0v) is 21.9. The van der Waals surface area contributed by atoms with Crippen molar-refractivity contribution in [2.45, 2.75) is 58.5 Å². The van der Waals surface area contributed by atoms with Crippen molar-refractivity contribution < 1.29 is 28.8 Å². The summed E-state index contributed by atoms with van der Waals surface area (Å²) in [6.45, 7) is 5.60. The van der Waals surface area contributed by atoms with Crippen LogP contribution < -0.4 is 27.0 Å². The molecular formula is C26H36N6O6. The first-order valence-corrected chi connectivity index (χ1v) is 12.6. The van der Waals surface area contributed by atoms with E-state index in [9.17, 15) is 28.8 Å². The third-order valence-corrected chi connectivity index (χ3v) is 5.96. The summed E-state index contributed by atoms with van der Waals surface area (Å²) in [6, 6.07) is 4.72. The molecule has 1 aliphatic rings. The van der Waals surface area contributed by atoms with Crippen LogP contribution in [-0.2, 0) is 30.4 Å². The number of hydrogen-bond acceptors (Lipinski definition) is 6. The van der Waals surface area contributed by atoms with E-state index in [1.165, 1.54) is 0 Å². The lowest BCUT2D eigenvalue weighted by Crippen LogP contribution is -2.54. The van der Waals surface area contributed by atoms with Gasteiger partial charge in [-0.2, -0.15) is 0 Å². The van der Waals surface area contributed by atoms with Gasteiger partial charge in [-0.15, -0.1) is 0 Å². The molecule has 6 N–H and O–H groups in total. The minimum atomic E-state index is -0.964. The van der Waals surface area contributed by atoms with Crippen LogP contribution in [0.1, 0.15) is 45.6 Å². The second kappa shape index (κ2) is 14.5. The van der Waals surface area contributed by atoms with Crippen LogP contribution in [0.2, 0.25) is 0 Å². The number of benzene rings is 1. The van der Waals surface area contributed by atoms with Gasteiger partial charge in [0.2, 0.25) is 17.7 Å². The molecule has 0 bridgehead atoms. The lowest BCUT2D eigenvalue weighted by Gasteiger charge is -2.25. The summed E-state index contributed by atoms with van der Waals surface area (Å²) in [5, 5.41) is 10.6. The number of primary amides is 1. The van der Waals surface area contributed by atoms with Gasteiger partial charge in [-0.05, 0) is 42.9 Å². The van der Waals surface area contributed by atoms with Crippen molar-refractivity contribution >= 4 is 41.3 Å². The molecule has 0 aliphatic carbocycles. The monoisotopic (exact) mass is 528 g/mol. The molecule has 1 unspecified atom stereocenters. The second-order valence-electron chi connectivity index (χ2n) is 9.23. The smallest absolute Gasteiger partial charge is 0.312 e. The van der Waals surface area contributed by atoms with Crippen LogP contribution in [0.4, 0.5) is 10.5 Å². The molecule has 1 aromatic carbocycles. The molecule has 38 heavy (non-hydrogen) atoms. The Balaban J connectivity index is 2.03. The first kappa shape index (κ1) is 30.0. The molecule has 0 aromatic heterocycles. The minimum Gasteiger partial charge on any atom is -0.352 e. The van der Waals surface area contributed by atoms with Crippen molar-refractivity contribution in [3.63, 3.8) is 0 Å². The number of carbonyl (C=O) groups excluding carboxylic acids is 6. The van der Waals surface area contributed by atoms with E-state index >= 15 is 0 Å². The predicted molar refractivity (Wildman–Crippen MR) is 140 cm³/mol. The quantitative estimate of drug-likeness (QED) is 0.174. The molecular weight excluding hydrogens is 492 g/mol. The molecule has 12 nitrogen and oxygen atoms in total. The Bertz CT molecular complexity index is 1050. The fourth-order valence-electron chi connectivity index (χ4n) is 3.75. The molecule has 206 valence electrons. The Labute approximate surface area is 221 Å². The Morgan fingerprint density at radius 3 is 2.13 bits per heavy atom. The Morgan fingerprint density at radius 1 is 0.947 bits per heavy atom. The van der Waals surface area contributed by atoms with Gasteiger partial charge in [0.1, 0.15) is 12.1 Å². The van der Waals surface area contributed by atoms with Crippen molar-refractivity contribution in [3.05, 3.63) is 42.0 Å². The molecule has 0 spiro atoms. The van der Waals surface area contributed by atoms with Crippen molar-refractivity contribution in [2.75, 3.05) is 18.4 Å². The lowest BCUT2D eigenvalue weighted by atomic mass is 10.0. The van der Waals surface area contributed by atoms with E-state index in [0.717, 1.165) is 29.0 Å². The van der Waals surface area contributed by atoms with Crippen LogP contribution in [0.15, 0.2) is 36.4 Å². The molecule has 1 heterocycles. The number of aryl methyl sites for hydroxylation is 1. The fourth-order valence-corrected chi connectivity index (χ4v) is 3.75. The van der Waals surface area contributed by atoms with E-state index in [1.807, 2.05) is 19.1 Å². The third kappa shape index (κ3) is 9.34. The number of amides is 7. The lowest BCUT2D eigenvalue weighted by molar-refractivity contribution is -0.137. The highest BCUT2D eigenvalue weighted by molar-refractivity contribution is 6.13. The van der Waals surface area contributed by atoms with Gasteiger partial charge in [-0.3, -0.25) is 28.9 Å². The van der Waals surface area contributed by atoms with Crippen LogP contribution in [0.25, 0.3) is 0 Å². The minimum absolute atomic E-state index is 0.113. The molecule has 0 saturated carbocycles. The number of anilines is 1. The number of urea groups is 1. The van der Waals surface area contributed by atoms with E-state index < -0.39 is 47.7 Å². The largest absolute Gasteiger partial charge is 0.352 e. The Kier molecular flexibility index (Phi) is 11.5. The SMILES string of the molecule is CCc1ccc(NC(=O)[C@H](CCCNC(N)=O)NC(=O)C(NC(=O)CCN2C(=O)C=CC2=O)C(C)C)cc1. The molecule has 2 atom stereocenters. The van der Waals surface area contributed by atoms with Gasteiger partial charge >= 0.3 is 6.03 Å². The zero-order chi connectivity index (χ0) is 28.2. The van der Waals surface area contributed by atoms with E-state index in [1.54, 1.807) is 26.0 Å². The number of rotatable bonds is 14. The van der Waals surface area contributed by atoms with Crippen molar-refractivity contribution in [2.24, 2.45) is 11.7 Å². The van der Waals surface area contributed by atoms with E-state index in [0.29, 0.717) is 12.1 Å². The van der Waals surface area contributed by atoms with Crippen LogP contribution in [-0.4, -0.2) is 65.6 Å². The molecule has 2 rings (SSSR count). The first-order valence-electron chi connectivity index (χ1n) is 12.6. The maximum Gasteiger partial charge on any atom is 0.312 e. The first-order chi connectivity index (χ1) is 18.0. The number of carbonyl (C=O) groups is 6. The third-order valence-electron chi connectivity index (χ3n) is 5.96. The predicted octanol–water partition coefficient (Wildman–Crippen LogP) is 0.577. The van der Waals surface area contributed by atoms with E-state index in [2.05, 4.69) is 21.3 Å². The maximum atomic E-state index is 13.2. The summed E-state index contributed by atoms with van der Waals surface area (Å²) in [7, 11) is 0. The standard InChI is InChI=1S/C26H36N6O6/c1-4-17-7-9-18(10-8-17)29-24(36)19(6-5-14-28-26(27)38)30-25(37)23(16(2)3)31-20(33)13-15-32-21(34)11-12-22(32)35/h7-12,16,19,23H,4-6,13-15H2,1-3H3,(H,29,36)(H,30,37)(H,31,33)(H3,27,28,38)/t19-,23?/m0/s1. The van der Waals surface area contributed by atoms with Gasteiger partial charge in [0, 0.05) is 37.3 Å². The van der Waals surface area contributed by atoms with Gasteiger partial charge in [-0.25, -0.2) is 4.79 Å². The van der Waals surface area contributed by atoms with Crippen molar-refractivity contribution in [1.82, 2.24) is 20.9 Å². The van der Waals surface area contributed by atoms with Crippen molar-refractivity contribution in [1.29, 1.82) is 0 Å². The summed E-state index contributed by atoms with van der Waals surface area (Å²) >= 11 is 0.